The Kier molecular flexibility index (Phi) is 6.52. The number of carbonyl (C=O) groups is 2. The number of methoxy groups -OCH3 is 1. The number of nitrogens with one attached hydrogen (secondary N) is 1. The number of benzene rings is 1. The summed E-state index contributed by atoms with van der Waals surface area (Å²) in [5.74, 6) is 0.0891. The minimum atomic E-state index is -0.644. The smallest absolute Gasteiger partial charge is 0.149 e. The van der Waals surface area contributed by atoms with Crippen LogP contribution in [0.15, 0.2) is 29.3 Å². The van der Waals surface area contributed by atoms with Crippen LogP contribution in [0.25, 0.3) is 0 Å². The number of rotatable bonds is 6. The third-order valence-electron chi connectivity index (χ3n) is 5.43. The molecule has 1 aliphatic heterocycles. The Morgan fingerprint density at radius 1 is 1.15 bits per heavy atom. The molecule has 1 aromatic rings. The predicted molar refractivity (Wildman–Crippen MR) is 99.1 cm³/mol. The average Bonchev–Trinajstić information content (AvgIpc) is 2.67. The highest BCUT2D eigenvalue weighted by atomic mass is 16.5. The molecule has 6 nitrogen and oxygen atoms in total. The van der Waals surface area contributed by atoms with E-state index >= 15 is 0 Å². The lowest BCUT2D eigenvalue weighted by molar-refractivity contribution is -0.945. The van der Waals surface area contributed by atoms with Crippen LogP contribution in [0, 0.1) is 5.92 Å². The number of quaternary nitrogens is 2. The van der Waals surface area contributed by atoms with Gasteiger partial charge in [-0.15, -0.1) is 0 Å². The van der Waals surface area contributed by atoms with E-state index in [1.807, 2.05) is 24.3 Å². The zero-order valence-corrected chi connectivity index (χ0v) is 15.4. The first-order valence-corrected chi connectivity index (χ1v) is 9.52. The van der Waals surface area contributed by atoms with Crippen molar-refractivity contribution in [3.63, 3.8) is 0 Å². The van der Waals surface area contributed by atoms with Gasteiger partial charge in [0.1, 0.15) is 49.4 Å². The highest BCUT2D eigenvalue weighted by molar-refractivity contribution is 6.16. The molecule has 0 unspecified atom stereocenters. The van der Waals surface area contributed by atoms with Gasteiger partial charge in [0.15, 0.2) is 0 Å². The Morgan fingerprint density at radius 3 is 2.42 bits per heavy atom. The van der Waals surface area contributed by atoms with Gasteiger partial charge in [-0.05, 0) is 23.6 Å². The quantitative estimate of drug-likeness (QED) is 0.498. The summed E-state index contributed by atoms with van der Waals surface area (Å²) in [5, 5.41) is 2.34. The van der Waals surface area contributed by atoms with Crippen molar-refractivity contribution >= 4 is 17.8 Å². The van der Waals surface area contributed by atoms with E-state index < -0.39 is 5.92 Å². The number of ether oxygens (including phenoxy) is 1. The second-order valence-corrected chi connectivity index (χ2v) is 7.21. The molecule has 2 fully saturated rings. The maximum Gasteiger partial charge on any atom is 0.149 e. The normalized spacial score (nSPS) is 25.0. The van der Waals surface area contributed by atoms with Crippen molar-refractivity contribution in [1.29, 1.82) is 0 Å². The van der Waals surface area contributed by atoms with E-state index in [0.29, 0.717) is 19.4 Å². The summed E-state index contributed by atoms with van der Waals surface area (Å²) < 4.78 is 5.16. The number of hydrogen-bond donors (Lipinski definition) is 2. The highest BCUT2D eigenvalue weighted by Crippen LogP contribution is 2.32. The van der Waals surface area contributed by atoms with E-state index in [0.717, 1.165) is 17.9 Å². The summed E-state index contributed by atoms with van der Waals surface area (Å²) in [5.41, 5.74) is 1.02. The van der Waals surface area contributed by atoms with Crippen LogP contribution in [0.2, 0.25) is 0 Å². The van der Waals surface area contributed by atoms with Crippen LogP contribution in [-0.2, 0) is 9.59 Å². The van der Waals surface area contributed by atoms with Crippen molar-refractivity contribution in [3.05, 3.63) is 29.8 Å². The maximum absolute atomic E-state index is 12.5. The van der Waals surface area contributed by atoms with Gasteiger partial charge in [0.05, 0.1) is 20.2 Å². The molecule has 3 rings (SSSR count). The van der Waals surface area contributed by atoms with E-state index in [4.69, 9.17) is 4.74 Å². The molecule has 1 saturated carbocycles. The number of piperazine rings is 1. The van der Waals surface area contributed by atoms with Gasteiger partial charge in [0.25, 0.3) is 0 Å². The number of nitrogens with two attached hydrogens (primary N) is 1. The first-order valence-electron chi connectivity index (χ1n) is 9.52. The van der Waals surface area contributed by atoms with Gasteiger partial charge in [0.2, 0.25) is 0 Å². The summed E-state index contributed by atoms with van der Waals surface area (Å²) in [6, 6.07) is 7.63. The highest BCUT2D eigenvalue weighted by Gasteiger charge is 2.34. The summed E-state index contributed by atoms with van der Waals surface area (Å²) in [6.45, 7) is 6.35. The Bertz CT molecular complexity index is 633. The molecule has 6 heteroatoms. The van der Waals surface area contributed by atoms with E-state index in [1.54, 1.807) is 18.2 Å². The Hall–Kier alpha value is -2.05. The van der Waals surface area contributed by atoms with Crippen LogP contribution in [0.3, 0.4) is 0 Å². The van der Waals surface area contributed by atoms with E-state index in [1.165, 1.54) is 26.2 Å². The third kappa shape index (κ3) is 4.77. The SMILES string of the molecule is COc1ccc(C2CC(=O)C(C=NCC[NH+]3CC[NH2+]CC3)C(=O)C2)cc1. The molecule has 1 heterocycles. The van der Waals surface area contributed by atoms with Crippen molar-refractivity contribution in [2.24, 2.45) is 10.9 Å². The summed E-state index contributed by atoms with van der Waals surface area (Å²) in [4.78, 5) is 30.9. The van der Waals surface area contributed by atoms with Gasteiger partial charge in [0, 0.05) is 19.1 Å². The van der Waals surface area contributed by atoms with Crippen molar-refractivity contribution in [1.82, 2.24) is 0 Å². The molecule has 0 amide bonds. The van der Waals surface area contributed by atoms with Crippen LogP contribution in [0.5, 0.6) is 5.75 Å². The van der Waals surface area contributed by atoms with Gasteiger partial charge >= 0.3 is 0 Å². The minimum absolute atomic E-state index is 0.00858. The van der Waals surface area contributed by atoms with Crippen LogP contribution in [-0.4, -0.2) is 64.2 Å². The predicted octanol–water partition coefficient (Wildman–Crippen LogP) is -1.14. The maximum atomic E-state index is 12.5. The van der Waals surface area contributed by atoms with Gasteiger partial charge < -0.3 is 15.0 Å². The fraction of sp³-hybridized carbons (Fsp3) is 0.550. The number of hydrogen-bond acceptors (Lipinski definition) is 4. The number of aliphatic imine (C=N–C) groups is 1. The molecule has 0 radical (unpaired) electrons. The van der Waals surface area contributed by atoms with Crippen molar-refractivity contribution < 1.29 is 24.5 Å². The lowest BCUT2D eigenvalue weighted by Gasteiger charge is -2.25. The Labute approximate surface area is 154 Å². The fourth-order valence-corrected chi connectivity index (χ4v) is 3.80. The van der Waals surface area contributed by atoms with E-state index in [-0.39, 0.29) is 17.5 Å². The Balaban J connectivity index is 1.52. The first-order chi connectivity index (χ1) is 12.7. The monoisotopic (exact) mass is 359 g/mol. The number of ketones is 2. The van der Waals surface area contributed by atoms with E-state index in [9.17, 15) is 9.59 Å². The Morgan fingerprint density at radius 2 is 1.81 bits per heavy atom. The summed E-state index contributed by atoms with van der Waals surface area (Å²) in [7, 11) is 1.62. The van der Waals surface area contributed by atoms with Crippen LogP contribution >= 0.6 is 0 Å². The van der Waals surface area contributed by atoms with Crippen LogP contribution in [0.1, 0.15) is 24.3 Å². The molecule has 1 aromatic carbocycles. The molecule has 2 aliphatic rings. The topological polar surface area (TPSA) is 76.8 Å². The molecule has 0 spiro atoms. The van der Waals surface area contributed by atoms with Crippen LogP contribution in [0.4, 0.5) is 0 Å². The lowest BCUT2D eigenvalue weighted by atomic mass is 9.77. The number of carbonyl (C=O) groups excluding carboxylic acids is 2. The minimum Gasteiger partial charge on any atom is -0.497 e. The summed E-state index contributed by atoms with van der Waals surface area (Å²) in [6.07, 6.45) is 2.41. The van der Waals surface area contributed by atoms with Crippen LogP contribution < -0.4 is 15.0 Å². The average molecular weight is 359 g/mol. The second kappa shape index (κ2) is 9.05. The standard InChI is InChI=1S/C20H27N3O3/c1-26-17-4-2-15(3-5-17)16-12-19(24)18(20(25)13-16)14-22-8-11-23-9-6-21-7-10-23/h2-5,14,16,18,21H,6-13H2,1H3/p+2. The molecule has 140 valence electrons. The molecular weight excluding hydrogens is 330 g/mol. The summed E-state index contributed by atoms with van der Waals surface area (Å²) >= 11 is 0. The molecule has 0 aromatic heterocycles. The molecule has 1 aliphatic carbocycles. The largest absolute Gasteiger partial charge is 0.497 e. The number of Topliss-reactive ketones (excluding diaryl/α,β-unsaturated/α-hetero) is 2. The third-order valence-corrected chi connectivity index (χ3v) is 5.43. The van der Waals surface area contributed by atoms with Crippen molar-refractivity contribution in [2.45, 2.75) is 18.8 Å². The van der Waals surface area contributed by atoms with Gasteiger partial charge in [-0.1, -0.05) is 12.1 Å². The fourth-order valence-electron chi connectivity index (χ4n) is 3.80. The van der Waals surface area contributed by atoms with E-state index in [2.05, 4.69) is 10.3 Å². The second-order valence-electron chi connectivity index (χ2n) is 7.21. The molecule has 0 atom stereocenters. The molecule has 3 N–H and O–H groups in total. The zero-order valence-electron chi connectivity index (χ0n) is 15.4. The van der Waals surface area contributed by atoms with Crippen molar-refractivity contribution in [3.8, 4) is 5.75 Å². The molecule has 1 saturated heterocycles. The lowest BCUT2D eigenvalue weighted by Crippen LogP contribution is -3.20. The molecular formula is C20H29N3O3+2. The van der Waals surface area contributed by atoms with Crippen molar-refractivity contribution in [2.75, 3.05) is 46.4 Å². The van der Waals surface area contributed by atoms with Gasteiger partial charge in [-0.3, -0.25) is 14.6 Å². The number of nitrogens with zero attached hydrogens (tertiary/aromatic N) is 1. The molecule has 0 bridgehead atoms. The first kappa shape index (κ1) is 18.7. The van der Waals surface area contributed by atoms with Gasteiger partial charge in [-0.2, -0.15) is 0 Å². The molecule has 26 heavy (non-hydrogen) atoms. The van der Waals surface area contributed by atoms with Gasteiger partial charge in [-0.25, -0.2) is 0 Å². The zero-order chi connectivity index (χ0) is 18.4.